The van der Waals surface area contributed by atoms with E-state index in [1.165, 1.54) is 0 Å². The molecule has 0 spiro atoms. The zero-order chi connectivity index (χ0) is 20.4. The van der Waals surface area contributed by atoms with Gasteiger partial charge in [0.15, 0.2) is 0 Å². The Hall–Kier alpha value is -3.06. The molecular formula is C22H24N4O3. The first kappa shape index (κ1) is 19.3. The lowest BCUT2D eigenvalue weighted by Gasteiger charge is -2.32. The largest absolute Gasteiger partial charge is 0.477 e. The molecule has 29 heavy (non-hydrogen) atoms. The van der Waals surface area contributed by atoms with Crippen LogP contribution in [0.5, 0.6) is 0 Å². The standard InChI is InChI=1S/C22H24N4O3/c1-2-15-10-19-20(25-21(15)27)9-14(11-23-19)13-26-7-5-16(6-8-26)17-3-4-18(22(28)29)24-12-17/h3-4,9-12,16H,2,5-8,13H2,1H3,(H,25,27)(H,28,29). The molecule has 1 aliphatic heterocycles. The molecule has 0 aromatic carbocycles. The lowest BCUT2D eigenvalue weighted by atomic mass is 9.90. The Balaban J connectivity index is 1.40. The van der Waals surface area contributed by atoms with Crippen LogP contribution in [0.2, 0.25) is 0 Å². The third kappa shape index (κ3) is 4.19. The van der Waals surface area contributed by atoms with E-state index in [0.717, 1.165) is 60.2 Å². The van der Waals surface area contributed by atoms with Gasteiger partial charge in [0.05, 0.1) is 11.0 Å². The third-order valence-electron chi connectivity index (χ3n) is 5.68. The van der Waals surface area contributed by atoms with Crippen molar-refractivity contribution in [1.29, 1.82) is 0 Å². The van der Waals surface area contributed by atoms with Crippen LogP contribution < -0.4 is 5.56 Å². The molecule has 7 heteroatoms. The van der Waals surface area contributed by atoms with E-state index in [4.69, 9.17) is 5.11 Å². The first-order valence-electron chi connectivity index (χ1n) is 9.96. The Morgan fingerprint density at radius 2 is 2.00 bits per heavy atom. The quantitative estimate of drug-likeness (QED) is 0.693. The van der Waals surface area contributed by atoms with Gasteiger partial charge in [-0.1, -0.05) is 13.0 Å². The average Bonchev–Trinajstić information content (AvgIpc) is 2.74. The van der Waals surface area contributed by atoms with Gasteiger partial charge in [-0.3, -0.25) is 14.7 Å². The number of carbonyl (C=O) groups is 1. The first-order valence-corrected chi connectivity index (χ1v) is 9.96. The van der Waals surface area contributed by atoms with Crippen LogP contribution in [0.3, 0.4) is 0 Å². The average molecular weight is 392 g/mol. The lowest BCUT2D eigenvalue weighted by Crippen LogP contribution is -2.32. The summed E-state index contributed by atoms with van der Waals surface area (Å²) in [7, 11) is 0. The molecule has 0 aliphatic carbocycles. The monoisotopic (exact) mass is 392 g/mol. The maximum Gasteiger partial charge on any atom is 0.354 e. The number of fused-ring (bicyclic) bond motifs is 1. The number of aromatic nitrogens is 3. The molecule has 150 valence electrons. The summed E-state index contributed by atoms with van der Waals surface area (Å²) in [6.45, 7) is 4.66. The highest BCUT2D eigenvalue weighted by Gasteiger charge is 2.21. The molecule has 0 saturated carbocycles. The number of aromatic carboxylic acids is 1. The fourth-order valence-electron chi connectivity index (χ4n) is 3.97. The Kier molecular flexibility index (Phi) is 5.40. The van der Waals surface area contributed by atoms with Crippen molar-refractivity contribution in [2.75, 3.05) is 13.1 Å². The van der Waals surface area contributed by atoms with E-state index in [-0.39, 0.29) is 11.3 Å². The number of H-pyrrole nitrogens is 1. The summed E-state index contributed by atoms with van der Waals surface area (Å²) < 4.78 is 0. The van der Waals surface area contributed by atoms with Gasteiger partial charge in [0.1, 0.15) is 5.69 Å². The van der Waals surface area contributed by atoms with E-state index in [2.05, 4.69) is 19.9 Å². The van der Waals surface area contributed by atoms with Crippen molar-refractivity contribution < 1.29 is 9.90 Å². The molecular weight excluding hydrogens is 368 g/mol. The predicted octanol–water partition coefficient (Wildman–Crippen LogP) is 2.96. The molecule has 4 heterocycles. The maximum atomic E-state index is 12.1. The van der Waals surface area contributed by atoms with Crippen molar-refractivity contribution in [3.8, 4) is 0 Å². The molecule has 0 bridgehead atoms. The number of aromatic amines is 1. The summed E-state index contributed by atoms with van der Waals surface area (Å²) in [6.07, 6.45) is 6.29. The second-order valence-corrected chi connectivity index (χ2v) is 7.59. The van der Waals surface area contributed by atoms with Crippen molar-refractivity contribution in [3.63, 3.8) is 0 Å². The van der Waals surface area contributed by atoms with Crippen LogP contribution in [-0.4, -0.2) is 44.0 Å². The number of nitrogens with zero attached hydrogens (tertiary/aromatic N) is 3. The summed E-state index contributed by atoms with van der Waals surface area (Å²) in [5.41, 5.74) is 4.59. The van der Waals surface area contributed by atoms with Crippen LogP contribution in [0.25, 0.3) is 11.0 Å². The van der Waals surface area contributed by atoms with E-state index in [0.29, 0.717) is 12.3 Å². The predicted molar refractivity (Wildman–Crippen MR) is 110 cm³/mol. The van der Waals surface area contributed by atoms with E-state index in [9.17, 15) is 9.59 Å². The zero-order valence-corrected chi connectivity index (χ0v) is 16.4. The molecule has 0 unspecified atom stereocenters. The van der Waals surface area contributed by atoms with Crippen molar-refractivity contribution in [2.24, 2.45) is 0 Å². The van der Waals surface area contributed by atoms with Gasteiger partial charge in [0, 0.05) is 24.5 Å². The van der Waals surface area contributed by atoms with Gasteiger partial charge in [0.25, 0.3) is 5.56 Å². The zero-order valence-electron chi connectivity index (χ0n) is 16.4. The van der Waals surface area contributed by atoms with Crippen molar-refractivity contribution in [2.45, 2.75) is 38.6 Å². The number of aryl methyl sites for hydroxylation is 1. The third-order valence-corrected chi connectivity index (χ3v) is 5.68. The first-order chi connectivity index (χ1) is 14.0. The molecule has 1 saturated heterocycles. The lowest BCUT2D eigenvalue weighted by molar-refractivity contribution is 0.0690. The topological polar surface area (TPSA) is 99.2 Å². The number of piperidine rings is 1. The summed E-state index contributed by atoms with van der Waals surface area (Å²) >= 11 is 0. The molecule has 1 fully saturated rings. The van der Waals surface area contributed by atoms with Gasteiger partial charge in [0.2, 0.25) is 0 Å². The molecule has 7 nitrogen and oxygen atoms in total. The SMILES string of the molecule is CCc1cc2ncc(CN3CCC(c4ccc(C(=O)O)nc4)CC3)cc2[nH]c1=O. The fraction of sp³-hybridized carbons (Fsp3) is 0.364. The van der Waals surface area contributed by atoms with Gasteiger partial charge in [-0.15, -0.1) is 0 Å². The minimum Gasteiger partial charge on any atom is -0.477 e. The Morgan fingerprint density at radius 1 is 1.21 bits per heavy atom. The molecule has 2 N–H and O–H groups in total. The maximum absolute atomic E-state index is 12.1. The van der Waals surface area contributed by atoms with Crippen LogP contribution in [-0.2, 0) is 13.0 Å². The van der Waals surface area contributed by atoms with E-state index in [1.54, 1.807) is 12.3 Å². The van der Waals surface area contributed by atoms with Crippen LogP contribution in [0.4, 0.5) is 0 Å². The highest BCUT2D eigenvalue weighted by Crippen LogP contribution is 2.28. The van der Waals surface area contributed by atoms with Gasteiger partial charge in [-0.05, 0) is 67.6 Å². The number of pyridine rings is 3. The molecule has 3 aromatic heterocycles. The van der Waals surface area contributed by atoms with Crippen LogP contribution in [0, 0.1) is 0 Å². The number of likely N-dealkylation sites (tertiary alicyclic amines) is 1. The molecule has 1 aliphatic rings. The van der Waals surface area contributed by atoms with Crippen molar-refractivity contribution in [1.82, 2.24) is 19.9 Å². The van der Waals surface area contributed by atoms with Crippen LogP contribution >= 0.6 is 0 Å². The number of nitrogens with one attached hydrogen (secondary N) is 1. The molecule has 0 radical (unpaired) electrons. The normalized spacial score (nSPS) is 15.6. The smallest absolute Gasteiger partial charge is 0.354 e. The summed E-state index contributed by atoms with van der Waals surface area (Å²) in [5.74, 6) is -0.595. The van der Waals surface area contributed by atoms with E-state index in [1.807, 2.05) is 31.3 Å². The number of carboxylic acids is 1. The van der Waals surface area contributed by atoms with Gasteiger partial charge >= 0.3 is 5.97 Å². The fourth-order valence-corrected chi connectivity index (χ4v) is 3.97. The summed E-state index contributed by atoms with van der Waals surface area (Å²) in [5, 5.41) is 8.97. The number of rotatable bonds is 5. The Morgan fingerprint density at radius 3 is 2.66 bits per heavy atom. The summed E-state index contributed by atoms with van der Waals surface area (Å²) in [4.78, 5) is 36.9. The minimum absolute atomic E-state index is 0.0395. The number of carboxylic acid groups (broad SMARTS) is 1. The number of hydrogen-bond donors (Lipinski definition) is 2. The minimum atomic E-state index is -0.998. The molecule has 3 aromatic rings. The second kappa shape index (κ2) is 8.13. The van der Waals surface area contributed by atoms with Crippen molar-refractivity contribution in [3.05, 3.63) is 69.4 Å². The molecule has 4 rings (SSSR count). The van der Waals surface area contributed by atoms with E-state index < -0.39 is 5.97 Å². The van der Waals surface area contributed by atoms with E-state index >= 15 is 0 Å². The molecule has 0 atom stereocenters. The molecule has 0 amide bonds. The number of hydrogen-bond acceptors (Lipinski definition) is 5. The van der Waals surface area contributed by atoms with Crippen LogP contribution in [0.1, 0.15) is 52.9 Å². The van der Waals surface area contributed by atoms with Gasteiger partial charge < -0.3 is 10.1 Å². The highest BCUT2D eigenvalue weighted by atomic mass is 16.4. The Bertz CT molecular complexity index is 1080. The van der Waals surface area contributed by atoms with Gasteiger partial charge in [-0.25, -0.2) is 9.78 Å². The highest BCUT2D eigenvalue weighted by molar-refractivity contribution is 5.85. The van der Waals surface area contributed by atoms with Crippen LogP contribution in [0.15, 0.2) is 41.5 Å². The second-order valence-electron chi connectivity index (χ2n) is 7.59. The van der Waals surface area contributed by atoms with Crippen molar-refractivity contribution >= 4 is 17.0 Å². The van der Waals surface area contributed by atoms with Gasteiger partial charge in [-0.2, -0.15) is 0 Å². The Labute approximate surface area is 168 Å². The summed E-state index contributed by atoms with van der Waals surface area (Å²) in [6, 6.07) is 7.34.